The minimum Gasteiger partial charge on any atom is -0.507 e. The quantitative estimate of drug-likeness (QED) is 0.340. The first-order chi connectivity index (χ1) is 12.1. The summed E-state index contributed by atoms with van der Waals surface area (Å²) in [5, 5.41) is 10.1. The van der Waals surface area contributed by atoms with Crippen LogP contribution in [0.15, 0.2) is 15.3 Å². The molecule has 142 valence electrons. The molecule has 0 fully saturated rings. The number of hydrogen-bond donors (Lipinski definition) is 1. The molecule has 0 aliphatic heterocycles. The van der Waals surface area contributed by atoms with E-state index in [1.54, 1.807) is 0 Å². The van der Waals surface area contributed by atoms with Crippen molar-refractivity contribution in [3.63, 3.8) is 0 Å². The van der Waals surface area contributed by atoms with Crippen LogP contribution >= 0.6 is 0 Å². The maximum Gasteiger partial charge on any atom is 0.350 e. The van der Waals surface area contributed by atoms with E-state index in [2.05, 4.69) is 13.8 Å². The molecular weight excluding hydrogens is 316 g/mol. The topological polar surface area (TPSA) is 67.5 Å². The van der Waals surface area contributed by atoms with Crippen LogP contribution < -0.4 is 5.63 Å². The second-order valence-corrected chi connectivity index (χ2v) is 6.87. The number of hydrogen-bond acceptors (Lipinski definition) is 4. The number of aryl methyl sites for hydroxylation is 1. The highest BCUT2D eigenvalue weighted by Gasteiger charge is 2.18. The third-order valence-electron chi connectivity index (χ3n) is 4.54. The van der Waals surface area contributed by atoms with Crippen molar-refractivity contribution in [1.29, 1.82) is 0 Å². The van der Waals surface area contributed by atoms with Crippen molar-refractivity contribution in [3.05, 3.63) is 27.8 Å². The van der Waals surface area contributed by atoms with Gasteiger partial charge in [0.2, 0.25) is 0 Å². The molecule has 4 nitrogen and oxygen atoms in total. The summed E-state index contributed by atoms with van der Waals surface area (Å²) in [6, 6.07) is 1.44. The number of aromatic hydroxyl groups is 1. The van der Waals surface area contributed by atoms with Gasteiger partial charge in [-0.1, -0.05) is 71.6 Å². The number of carbonyl (C=O) groups is 1. The lowest BCUT2D eigenvalue weighted by Gasteiger charge is -2.06. The molecule has 0 aliphatic rings. The van der Waals surface area contributed by atoms with Gasteiger partial charge in [0.15, 0.2) is 5.78 Å². The van der Waals surface area contributed by atoms with Crippen molar-refractivity contribution < 1.29 is 14.3 Å². The fourth-order valence-electron chi connectivity index (χ4n) is 3.00. The first kappa shape index (κ1) is 21.5. The molecule has 1 N–H and O–H groups in total. The predicted octanol–water partition coefficient (Wildman–Crippen LogP) is 5.79. The lowest BCUT2D eigenvalue weighted by Crippen LogP contribution is -2.15. The van der Waals surface area contributed by atoms with E-state index in [9.17, 15) is 14.7 Å². The number of unbranched alkanes of at least 4 members (excludes halogenated alkanes) is 9. The van der Waals surface area contributed by atoms with Crippen LogP contribution in [0, 0.1) is 0 Å². The van der Waals surface area contributed by atoms with Crippen LogP contribution in [0.2, 0.25) is 0 Å². The van der Waals surface area contributed by atoms with E-state index in [1.165, 1.54) is 31.7 Å². The highest BCUT2D eigenvalue weighted by Crippen LogP contribution is 2.19. The van der Waals surface area contributed by atoms with Gasteiger partial charge in [-0.15, -0.1) is 0 Å². The Balaban J connectivity index is 2.46. The van der Waals surface area contributed by atoms with Crippen molar-refractivity contribution in [2.75, 3.05) is 0 Å². The van der Waals surface area contributed by atoms with Crippen LogP contribution in [0.25, 0.3) is 0 Å². The van der Waals surface area contributed by atoms with Gasteiger partial charge in [0.25, 0.3) is 0 Å². The summed E-state index contributed by atoms with van der Waals surface area (Å²) in [5.74, 6) is -0.0712. The zero-order valence-corrected chi connectivity index (χ0v) is 15.9. The molecule has 25 heavy (non-hydrogen) atoms. The van der Waals surface area contributed by atoms with Gasteiger partial charge >= 0.3 is 5.63 Å². The zero-order chi connectivity index (χ0) is 18.5. The van der Waals surface area contributed by atoms with Gasteiger partial charge in [-0.05, 0) is 12.8 Å². The molecule has 0 bridgehead atoms. The molecule has 0 aliphatic carbocycles. The number of Topliss-reactive ketones (excluding diaryl/α,β-unsaturated/α-hetero) is 1. The highest BCUT2D eigenvalue weighted by atomic mass is 16.4. The van der Waals surface area contributed by atoms with Gasteiger partial charge in [-0.3, -0.25) is 4.79 Å². The molecule has 4 heteroatoms. The maximum atomic E-state index is 12.2. The first-order valence-electron chi connectivity index (χ1n) is 9.99. The van der Waals surface area contributed by atoms with Crippen LogP contribution in [0.5, 0.6) is 5.75 Å². The van der Waals surface area contributed by atoms with E-state index in [0.29, 0.717) is 18.6 Å². The summed E-state index contributed by atoms with van der Waals surface area (Å²) in [7, 11) is 0. The average Bonchev–Trinajstić information content (AvgIpc) is 2.57. The van der Waals surface area contributed by atoms with Gasteiger partial charge in [-0.2, -0.15) is 0 Å². The summed E-state index contributed by atoms with van der Waals surface area (Å²) < 4.78 is 5.23. The van der Waals surface area contributed by atoms with E-state index in [0.717, 1.165) is 44.9 Å². The Morgan fingerprint density at radius 2 is 1.48 bits per heavy atom. The van der Waals surface area contributed by atoms with Crippen LogP contribution in [-0.4, -0.2) is 10.9 Å². The number of carbonyl (C=O) groups excluding carboxylic acids is 1. The monoisotopic (exact) mass is 350 g/mol. The Bertz CT molecular complexity index is 560. The Labute approximate surface area is 151 Å². The van der Waals surface area contributed by atoms with E-state index in [-0.39, 0.29) is 17.1 Å². The molecule has 0 saturated carbocycles. The standard InChI is InChI=1S/C21H34O4/c1-3-5-7-9-10-11-13-15-18(22)20-19(23)16-17(25-21(20)24)14-12-8-6-4-2/h16,23H,3-15H2,1-2H3. The van der Waals surface area contributed by atoms with Gasteiger partial charge in [0.05, 0.1) is 0 Å². The van der Waals surface area contributed by atoms with Crippen LogP contribution in [0.4, 0.5) is 0 Å². The highest BCUT2D eigenvalue weighted by molar-refractivity contribution is 5.97. The zero-order valence-electron chi connectivity index (χ0n) is 15.9. The summed E-state index contributed by atoms with van der Waals surface area (Å²) in [6.07, 6.45) is 13.0. The molecule has 0 saturated heterocycles. The van der Waals surface area contributed by atoms with Gasteiger partial charge in [0, 0.05) is 18.9 Å². The van der Waals surface area contributed by atoms with Gasteiger partial charge in [0.1, 0.15) is 17.1 Å². The summed E-state index contributed by atoms with van der Waals surface area (Å²) in [5.41, 5.74) is -0.873. The molecular formula is C21H34O4. The smallest absolute Gasteiger partial charge is 0.350 e. The molecule has 1 aromatic heterocycles. The SMILES string of the molecule is CCCCCCCCCC(=O)c1c(O)cc(CCCCCC)oc1=O. The van der Waals surface area contributed by atoms with E-state index in [4.69, 9.17) is 4.42 Å². The molecule has 0 aromatic carbocycles. The Kier molecular flexibility index (Phi) is 10.9. The fourth-order valence-corrected chi connectivity index (χ4v) is 3.00. The normalized spacial score (nSPS) is 11.0. The van der Waals surface area contributed by atoms with Gasteiger partial charge < -0.3 is 9.52 Å². The van der Waals surface area contributed by atoms with Crippen molar-refractivity contribution in [3.8, 4) is 5.75 Å². The third-order valence-corrected chi connectivity index (χ3v) is 4.54. The van der Waals surface area contributed by atoms with Crippen molar-refractivity contribution in [2.24, 2.45) is 0 Å². The van der Waals surface area contributed by atoms with E-state index < -0.39 is 5.63 Å². The molecule has 0 spiro atoms. The third kappa shape index (κ3) is 8.37. The average molecular weight is 350 g/mol. The lowest BCUT2D eigenvalue weighted by atomic mass is 10.0. The van der Waals surface area contributed by atoms with E-state index >= 15 is 0 Å². The fraction of sp³-hybridized carbons (Fsp3) is 0.714. The van der Waals surface area contributed by atoms with Crippen molar-refractivity contribution in [1.82, 2.24) is 0 Å². The van der Waals surface area contributed by atoms with E-state index in [1.807, 2.05) is 0 Å². The predicted molar refractivity (Wildman–Crippen MR) is 101 cm³/mol. The van der Waals surface area contributed by atoms with Crippen molar-refractivity contribution in [2.45, 2.75) is 97.3 Å². The minimum absolute atomic E-state index is 0.178. The summed E-state index contributed by atoms with van der Waals surface area (Å²) in [6.45, 7) is 4.32. The maximum absolute atomic E-state index is 12.2. The van der Waals surface area contributed by atoms with Crippen molar-refractivity contribution >= 4 is 5.78 Å². The minimum atomic E-state index is -0.696. The molecule has 1 heterocycles. The number of rotatable bonds is 14. The largest absolute Gasteiger partial charge is 0.507 e. The lowest BCUT2D eigenvalue weighted by molar-refractivity contribution is 0.0971. The van der Waals surface area contributed by atoms with Crippen LogP contribution in [-0.2, 0) is 6.42 Å². The molecule has 0 amide bonds. The second kappa shape index (κ2) is 12.7. The Hall–Kier alpha value is -1.58. The molecule has 0 radical (unpaired) electrons. The molecule has 0 atom stereocenters. The first-order valence-corrected chi connectivity index (χ1v) is 9.99. The Morgan fingerprint density at radius 3 is 2.08 bits per heavy atom. The number of ketones is 1. The Morgan fingerprint density at radius 1 is 0.920 bits per heavy atom. The summed E-state index contributed by atoms with van der Waals surface area (Å²) >= 11 is 0. The molecule has 1 aromatic rings. The second-order valence-electron chi connectivity index (χ2n) is 6.87. The molecule has 1 rings (SSSR count). The molecule has 0 unspecified atom stereocenters. The van der Waals surface area contributed by atoms with Crippen LogP contribution in [0.3, 0.4) is 0 Å². The van der Waals surface area contributed by atoms with Crippen LogP contribution in [0.1, 0.15) is 107 Å². The van der Waals surface area contributed by atoms with Gasteiger partial charge in [-0.25, -0.2) is 4.79 Å². The summed E-state index contributed by atoms with van der Waals surface area (Å²) in [4.78, 5) is 24.3.